The van der Waals surface area contributed by atoms with Crippen LogP contribution in [0.2, 0.25) is 0 Å². The van der Waals surface area contributed by atoms with Gasteiger partial charge in [-0.15, -0.1) is 0 Å². The van der Waals surface area contributed by atoms with Gasteiger partial charge >= 0.3 is 12.1 Å². The summed E-state index contributed by atoms with van der Waals surface area (Å²) in [4.78, 5) is 29.3. The van der Waals surface area contributed by atoms with Crippen LogP contribution in [0.15, 0.2) is 18.5 Å². The zero-order valence-electron chi connectivity index (χ0n) is 13.5. The number of likely N-dealkylation sites (tertiary alicyclic amines) is 1. The average molecular weight is 306 g/mol. The summed E-state index contributed by atoms with van der Waals surface area (Å²) < 4.78 is 10.3. The van der Waals surface area contributed by atoms with Gasteiger partial charge in [0, 0.05) is 31.4 Å². The Morgan fingerprint density at radius 1 is 1.32 bits per heavy atom. The number of ether oxygens (including phenoxy) is 2. The standard InChI is InChI=1S/C16H22N2O4/c1-5-21-14(19)12-6-11(7-17-8-12)13-9-18(10-13)15(20)22-16(2,3)4/h6-8,13H,5,9-10H2,1-4H3. The largest absolute Gasteiger partial charge is 0.462 e. The summed E-state index contributed by atoms with van der Waals surface area (Å²) in [7, 11) is 0. The molecular weight excluding hydrogens is 284 g/mol. The Balaban J connectivity index is 1.95. The Morgan fingerprint density at radius 2 is 2.00 bits per heavy atom. The van der Waals surface area contributed by atoms with Crippen LogP contribution in [0.5, 0.6) is 0 Å². The van der Waals surface area contributed by atoms with Crippen molar-refractivity contribution in [1.82, 2.24) is 9.88 Å². The van der Waals surface area contributed by atoms with Gasteiger partial charge in [0.05, 0.1) is 12.2 Å². The molecule has 0 aromatic carbocycles. The second kappa shape index (κ2) is 6.34. The van der Waals surface area contributed by atoms with E-state index in [0.717, 1.165) is 5.56 Å². The van der Waals surface area contributed by atoms with Crippen molar-refractivity contribution in [2.24, 2.45) is 0 Å². The summed E-state index contributed by atoms with van der Waals surface area (Å²) in [5, 5.41) is 0. The number of rotatable bonds is 3. The minimum absolute atomic E-state index is 0.175. The molecule has 0 atom stereocenters. The van der Waals surface area contributed by atoms with Gasteiger partial charge in [0.1, 0.15) is 5.60 Å². The summed E-state index contributed by atoms with van der Waals surface area (Å²) >= 11 is 0. The lowest BCUT2D eigenvalue weighted by atomic mass is 9.92. The monoisotopic (exact) mass is 306 g/mol. The van der Waals surface area contributed by atoms with Crippen LogP contribution in [-0.4, -0.2) is 47.2 Å². The van der Waals surface area contributed by atoms with Crippen molar-refractivity contribution in [1.29, 1.82) is 0 Å². The minimum atomic E-state index is -0.493. The summed E-state index contributed by atoms with van der Waals surface area (Å²) in [6.45, 7) is 8.77. The van der Waals surface area contributed by atoms with Crippen LogP contribution >= 0.6 is 0 Å². The van der Waals surface area contributed by atoms with E-state index >= 15 is 0 Å². The minimum Gasteiger partial charge on any atom is -0.462 e. The number of amides is 1. The van der Waals surface area contributed by atoms with E-state index in [1.165, 1.54) is 6.20 Å². The van der Waals surface area contributed by atoms with Crippen LogP contribution in [0.3, 0.4) is 0 Å². The van der Waals surface area contributed by atoms with E-state index in [1.807, 2.05) is 20.8 Å². The topological polar surface area (TPSA) is 68.7 Å². The fourth-order valence-electron chi connectivity index (χ4n) is 2.17. The van der Waals surface area contributed by atoms with Crippen LogP contribution in [0.25, 0.3) is 0 Å². The number of hydrogen-bond acceptors (Lipinski definition) is 5. The Kier molecular flexibility index (Phi) is 4.68. The lowest BCUT2D eigenvalue weighted by Gasteiger charge is -2.39. The van der Waals surface area contributed by atoms with Gasteiger partial charge in [-0.3, -0.25) is 4.98 Å². The Morgan fingerprint density at radius 3 is 2.59 bits per heavy atom. The smallest absolute Gasteiger partial charge is 0.410 e. The zero-order valence-corrected chi connectivity index (χ0v) is 13.5. The molecule has 22 heavy (non-hydrogen) atoms. The number of aromatic nitrogens is 1. The number of esters is 1. The highest BCUT2D eigenvalue weighted by atomic mass is 16.6. The quantitative estimate of drug-likeness (QED) is 0.803. The fourth-order valence-corrected chi connectivity index (χ4v) is 2.17. The molecule has 1 aliphatic heterocycles. The Hall–Kier alpha value is -2.11. The lowest BCUT2D eigenvalue weighted by Crippen LogP contribution is -2.50. The highest BCUT2D eigenvalue weighted by molar-refractivity contribution is 5.89. The van der Waals surface area contributed by atoms with E-state index in [1.54, 1.807) is 24.1 Å². The van der Waals surface area contributed by atoms with E-state index in [2.05, 4.69) is 4.98 Å². The van der Waals surface area contributed by atoms with Crippen molar-refractivity contribution in [3.05, 3.63) is 29.6 Å². The molecule has 120 valence electrons. The lowest BCUT2D eigenvalue weighted by molar-refractivity contribution is 0.00810. The van der Waals surface area contributed by atoms with Gasteiger partial charge in [0.2, 0.25) is 0 Å². The van der Waals surface area contributed by atoms with Crippen LogP contribution < -0.4 is 0 Å². The average Bonchev–Trinajstić information content (AvgIpc) is 2.35. The van der Waals surface area contributed by atoms with Crippen molar-refractivity contribution >= 4 is 12.1 Å². The molecule has 1 amide bonds. The number of carbonyl (C=O) groups is 2. The number of hydrogen-bond donors (Lipinski definition) is 0. The van der Waals surface area contributed by atoms with Crippen molar-refractivity contribution in [3.63, 3.8) is 0 Å². The van der Waals surface area contributed by atoms with E-state index in [-0.39, 0.29) is 18.0 Å². The van der Waals surface area contributed by atoms with E-state index in [4.69, 9.17) is 9.47 Å². The zero-order chi connectivity index (χ0) is 16.3. The number of carbonyl (C=O) groups excluding carboxylic acids is 2. The van der Waals surface area contributed by atoms with E-state index in [0.29, 0.717) is 25.3 Å². The molecule has 1 saturated heterocycles. The molecule has 0 radical (unpaired) electrons. The molecular formula is C16H22N2O4. The molecule has 6 nitrogen and oxygen atoms in total. The Labute approximate surface area is 130 Å². The highest BCUT2D eigenvalue weighted by Crippen LogP contribution is 2.28. The molecule has 1 aromatic heterocycles. The molecule has 2 rings (SSSR count). The molecule has 1 aliphatic rings. The molecule has 1 fully saturated rings. The van der Waals surface area contributed by atoms with Gasteiger partial charge < -0.3 is 14.4 Å². The third-order valence-corrected chi connectivity index (χ3v) is 3.28. The molecule has 0 N–H and O–H groups in total. The Bertz CT molecular complexity index is 560. The molecule has 6 heteroatoms. The summed E-state index contributed by atoms with van der Waals surface area (Å²) in [6, 6.07) is 1.78. The molecule has 1 aromatic rings. The summed E-state index contributed by atoms with van der Waals surface area (Å²) in [6.07, 6.45) is 2.91. The first kappa shape index (κ1) is 16.3. The molecule has 2 heterocycles. The highest BCUT2D eigenvalue weighted by Gasteiger charge is 2.34. The summed E-state index contributed by atoms with van der Waals surface area (Å²) in [5.41, 5.74) is 0.883. The first-order chi connectivity index (χ1) is 10.3. The summed E-state index contributed by atoms with van der Waals surface area (Å²) in [5.74, 6) is -0.199. The van der Waals surface area contributed by atoms with Crippen LogP contribution in [0, 0.1) is 0 Å². The van der Waals surface area contributed by atoms with Crippen LogP contribution in [-0.2, 0) is 9.47 Å². The SMILES string of the molecule is CCOC(=O)c1cncc(C2CN(C(=O)OC(C)(C)C)C2)c1. The first-order valence-corrected chi connectivity index (χ1v) is 7.40. The second-order valence-electron chi connectivity index (χ2n) is 6.31. The van der Waals surface area contributed by atoms with Gasteiger partial charge in [0.15, 0.2) is 0 Å². The predicted molar refractivity (Wildman–Crippen MR) is 80.7 cm³/mol. The maximum Gasteiger partial charge on any atom is 0.410 e. The maximum absolute atomic E-state index is 11.9. The van der Waals surface area contributed by atoms with Gasteiger partial charge in [0.25, 0.3) is 0 Å². The first-order valence-electron chi connectivity index (χ1n) is 7.40. The van der Waals surface area contributed by atoms with Gasteiger partial charge in [-0.2, -0.15) is 0 Å². The van der Waals surface area contributed by atoms with Crippen molar-refractivity contribution in [3.8, 4) is 0 Å². The number of nitrogens with zero attached hydrogens (tertiary/aromatic N) is 2. The van der Waals surface area contributed by atoms with Crippen LogP contribution in [0.4, 0.5) is 4.79 Å². The van der Waals surface area contributed by atoms with Crippen LogP contribution in [0.1, 0.15) is 49.5 Å². The van der Waals surface area contributed by atoms with E-state index < -0.39 is 5.60 Å². The second-order valence-corrected chi connectivity index (χ2v) is 6.31. The molecule has 0 saturated carbocycles. The van der Waals surface area contributed by atoms with Gasteiger partial charge in [-0.25, -0.2) is 9.59 Å². The van der Waals surface area contributed by atoms with Gasteiger partial charge in [-0.05, 0) is 39.3 Å². The third-order valence-electron chi connectivity index (χ3n) is 3.28. The fraction of sp³-hybridized carbons (Fsp3) is 0.562. The molecule has 0 aliphatic carbocycles. The normalized spacial score (nSPS) is 15.2. The van der Waals surface area contributed by atoms with Crippen molar-refractivity contribution < 1.29 is 19.1 Å². The van der Waals surface area contributed by atoms with Crippen molar-refractivity contribution in [2.75, 3.05) is 19.7 Å². The molecule has 0 bridgehead atoms. The molecule has 0 unspecified atom stereocenters. The number of pyridine rings is 1. The van der Waals surface area contributed by atoms with Gasteiger partial charge in [-0.1, -0.05) is 0 Å². The maximum atomic E-state index is 11.9. The van der Waals surface area contributed by atoms with E-state index in [9.17, 15) is 9.59 Å². The van der Waals surface area contributed by atoms with Crippen molar-refractivity contribution in [2.45, 2.75) is 39.2 Å². The predicted octanol–water partition coefficient (Wildman–Crippen LogP) is 2.59. The molecule has 0 spiro atoms. The third kappa shape index (κ3) is 3.96.